The number of phenolic OH excluding ortho intramolecular Hbond substituents is 2. The number of hydrogen-bond acceptors (Lipinski definition) is 4. The predicted octanol–water partition coefficient (Wildman–Crippen LogP) is 2.37. The lowest BCUT2D eigenvalue weighted by molar-refractivity contribution is 0.102. The summed E-state index contributed by atoms with van der Waals surface area (Å²) in [6.07, 6.45) is 0. The van der Waals surface area contributed by atoms with Gasteiger partial charge in [-0.25, -0.2) is 0 Å². The van der Waals surface area contributed by atoms with Crippen LogP contribution in [0.3, 0.4) is 0 Å². The van der Waals surface area contributed by atoms with Gasteiger partial charge in [-0.1, -0.05) is 24.3 Å². The van der Waals surface area contributed by atoms with Crippen molar-refractivity contribution in [2.45, 2.75) is 13.0 Å². The fraction of sp³-hybridized carbons (Fsp3) is 0.133. The molecule has 20 heavy (non-hydrogen) atoms. The molecule has 5 nitrogen and oxygen atoms in total. The standard InChI is InChI=1S/C15H16N2O3/c1-9(16)10-5-2-3-7-12(10)17-15(20)11-6-4-8-13(18)14(11)19/h2-9,18-19H,16H2,1H3,(H,17,20). The Labute approximate surface area is 116 Å². The van der Waals surface area contributed by atoms with Crippen LogP contribution in [0.15, 0.2) is 42.5 Å². The number of rotatable bonds is 3. The van der Waals surface area contributed by atoms with Gasteiger partial charge in [-0.15, -0.1) is 0 Å². The molecule has 5 N–H and O–H groups in total. The van der Waals surface area contributed by atoms with E-state index in [1.165, 1.54) is 18.2 Å². The van der Waals surface area contributed by atoms with Gasteiger partial charge in [-0.2, -0.15) is 0 Å². The van der Waals surface area contributed by atoms with Crippen LogP contribution in [-0.4, -0.2) is 16.1 Å². The van der Waals surface area contributed by atoms with Crippen molar-refractivity contribution in [1.82, 2.24) is 0 Å². The lowest BCUT2D eigenvalue weighted by Crippen LogP contribution is -2.16. The number of amides is 1. The highest BCUT2D eigenvalue weighted by Gasteiger charge is 2.15. The van der Waals surface area contributed by atoms with E-state index in [0.717, 1.165) is 5.56 Å². The molecule has 0 aliphatic rings. The molecule has 2 aromatic carbocycles. The van der Waals surface area contributed by atoms with Crippen LogP contribution in [0.1, 0.15) is 28.9 Å². The van der Waals surface area contributed by atoms with Gasteiger partial charge in [0.2, 0.25) is 0 Å². The molecule has 0 aromatic heterocycles. The third-order valence-corrected chi connectivity index (χ3v) is 2.96. The molecular formula is C15H16N2O3. The molecule has 1 amide bonds. The largest absolute Gasteiger partial charge is 0.504 e. The number of nitrogens with two attached hydrogens (primary N) is 1. The van der Waals surface area contributed by atoms with Gasteiger partial charge in [0.15, 0.2) is 11.5 Å². The number of benzene rings is 2. The Morgan fingerprint density at radius 1 is 1.15 bits per heavy atom. The summed E-state index contributed by atoms with van der Waals surface area (Å²) in [5.41, 5.74) is 7.22. The van der Waals surface area contributed by atoms with Crippen molar-refractivity contribution in [3.8, 4) is 11.5 Å². The molecule has 0 saturated heterocycles. The molecule has 104 valence electrons. The maximum absolute atomic E-state index is 12.1. The molecule has 0 bridgehead atoms. The molecule has 2 aromatic rings. The predicted molar refractivity (Wildman–Crippen MR) is 76.8 cm³/mol. The van der Waals surface area contributed by atoms with E-state index in [4.69, 9.17) is 5.73 Å². The summed E-state index contributed by atoms with van der Waals surface area (Å²) in [6.45, 7) is 1.82. The molecule has 1 atom stereocenters. The van der Waals surface area contributed by atoms with Gasteiger partial charge in [-0.3, -0.25) is 4.79 Å². The molecule has 0 spiro atoms. The van der Waals surface area contributed by atoms with E-state index in [1.807, 2.05) is 19.1 Å². The average Bonchev–Trinajstić information content (AvgIpc) is 2.42. The third-order valence-electron chi connectivity index (χ3n) is 2.96. The van der Waals surface area contributed by atoms with E-state index in [2.05, 4.69) is 5.32 Å². The molecule has 0 aliphatic carbocycles. The van der Waals surface area contributed by atoms with Crippen molar-refractivity contribution >= 4 is 11.6 Å². The van der Waals surface area contributed by atoms with E-state index in [1.54, 1.807) is 12.1 Å². The highest BCUT2D eigenvalue weighted by molar-refractivity contribution is 6.07. The van der Waals surface area contributed by atoms with Gasteiger partial charge in [0.25, 0.3) is 5.91 Å². The summed E-state index contributed by atoms with van der Waals surface area (Å²) in [7, 11) is 0. The van der Waals surface area contributed by atoms with Crippen molar-refractivity contribution in [1.29, 1.82) is 0 Å². The number of para-hydroxylation sites is 2. The first kappa shape index (κ1) is 13.9. The Balaban J connectivity index is 2.31. The molecule has 0 heterocycles. The summed E-state index contributed by atoms with van der Waals surface area (Å²) >= 11 is 0. The van der Waals surface area contributed by atoms with Crippen molar-refractivity contribution in [3.63, 3.8) is 0 Å². The molecule has 1 unspecified atom stereocenters. The Hall–Kier alpha value is -2.53. The number of hydrogen-bond donors (Lipinski definition) is 4. The first-order valence-electron chi connectivity index (χ1n) is 6.17. The Morgan fingerprint density at radius 3 is 2.55 bits per heavy atom. The SMILES string of the molecule is CC(N)c1ccccc1NC(=O)c1cccc(O)c1O. The van der Waals surface area contributed by atoms with Crippen LogP contribution >= 0.6 is 0 Å². The van der Waals surface area contributed by atoms with Crippen molar-refractivity contribution in [2.75, 3.05) is 5.32 Å². The summed E-state index contributed by atoms with van der Waals surface area (Å²) < 4.78 is 0. The first-order chi connectivity index (χ1) is 9.50. The van der Waals surface area contributed by atoms with E-state index < -0.39 is 11.7 Å². The van der Waals surface area contributed by atoms with Crippen molar-refractivity contribution in [2.24, 2.45) is 5.73 Å². The quantitative estimate of drug-likeness (QED) is 0.645. The van der Waals surface area contributed by atoms with Crippen LogP contribution in [0, 0.1) is 0 Å². The van der Waals surface area contributed by atoms with Gasteiger partial charge in [0.1, 0.15) is 0 Å². The van der Waals surface area contributed by atoms with Crippen LogP contribution in [0.25, 0.3) is 0 Å². The minimum absolute atomic E-state index is 0.00415. The monoisotopic (exact) mass is 272 g/mol. The number of anilines is 1. The van der Waals surface area contributed by atoms with Crippen LogP contribution < -0.4 is 11.1 Å². The second-order valence-electron chi connectivity index (χ2n) is 4.50. The second kappa shape index (κ2) is 5.63. The number of phenols is 2. The lowest BCUT2D eigenvalue weighted by atomic mass is 10.1. The van der Waals surface area contributed by atoms with Gasteiger partial charge in [0, 0.05) is 11.7 Å². The summed E-state index contributed by atoms with van der Waals surface area (Å²) in [5.74, 6) is -1.28. The maximum Gasteiger partial charge on any atom is 0.259 e. The fourth-order valence-corrected chi connectivity index (χ4v) is 1.91. The first-order valence-corrected chi connectivity index (χ1v) is 6.17. The highest BCUT2D eigenvalue weighted by atomic mass is 16.3. The van der Waals surface area contributed by atoms with Crippen LogP contribution in [0.4, 0.5) is 5.69 Å². The minimum atomic E-state index is -0.508. The zero-order valence-electron chi connectivity index (χ0n) is 11.0. The number of carbonyl (C=O) groups is 1. The van der Waals surface area contributed by atoms with Crippen molar-refractivity contribution in [3.05, 3.63) is 53.6 Å². The zero-order valence-corrected chi connectivity index (χ0v) is 11.0. The van der Waals surface area contributed by atoms with E-state index in [0.29, 0.717) is 5.69 Å². The number of nitrogens with one attached hydrogen (secondary N) is 1. The third kappa shape index (κ3) is 2.73. The Kier molecular flexibility index (Phi) is 3.91. The maximum atomic E-state index is 12.1. The van der Waals surface area contributed by atoms with E-state index in [9.17, 15) is 15.0 Å². The van der Waals surface area contributed by atoms with Crippen LogP contribution in [0.2, 0.25) is 0 Å². The molecule has 5 heteroatoms. The number of aromatic hydroxyl groups is 2. The topological polar surface area (TPSA) is 95.6 Å². The Bertz CT molecular complexity index is 639. The minimum Gasteiger partial charge on any atom is -0.504 e. The number of carbonyl (C=O) groups excluding carboxylic acids is 1. The molecule has 0 saturated carbocycles. The highest BCUT2D eigenvalue weighted by Crippen LogP contribution is 2.29. The van der Waals surface area contributed by atoms with Crippen LogP contribution in [0.5, 0.6) is 11.5 Å². The summed E-state index contributed by atoms with van der Waals surface area (Å²) in [4.78, 5) is 12.1. The smallest absolute Gasteiger partial charge is 0.259 e. The molecule has 0 fully saturated rings. The molecule has 0 radical (unpaired) electrons. The molecule has 2 rings (SSSR count). The summed E-state index contributed by atoms with van der Waals surface area (Å²) in [6, 6.07) is 11.2. The van der Waals surface area contributed by atoms with Gasteiger partial charge < -0.3 is 21.3 Å². The Morgan fingerprint density at radius 2 is 1.85 bits per heavy atom. The lowest BCUT2D eigenvalue weighted by Gasteiger charge is -2.14. The van der Waals surface area contributed by atoms with Crippen LogP contribution in [-0.2, 0) is 0 Å². The van der Waals surface area contributed by atoms with Crippen molar-refractivity contribution < 1.29 is 15.0 Å². The normalized spacial score (nSPS) is 11.9. The second-order valence-corrected chi connectivity index (χ2v) is 4.50. The zero-order chi connectivity index (χ0) is 14.7. The molecular weight excluding hydrogens is 256 g/mol. The van der Waals surface area contributed by atoms with Gasteiger partial charge in [0.05, 0.1) is 5.56 Å². The fourth-order valence-electron chi connectivity index (χ4n) is 1.91. The van der Waals surface area contributed by atoms with Gasteiger partial charge >= 0.3 is 0 Å². The molecule has 0 aliphatic heterocycles. The van der Waals surface area contributed by atoms with E-state index in [-0.39, 0.29) is 17.4 Å². The average molecular weight is 272 g/mol. The van der Waals surface area contributed by atoms with E-state index >= 15 is 0 Å². The summed E-state index contributed by atoms with van der Waals surface area (Å²) in [5, 5.41) is 21.8. The van der Waals surface area contributed by atoms with Gasteiger partial charge in [-0.05, 0) is 30.7 Å².